The molecule has 0 spiro atoms. The number of ether oxygens (including phenoxy) is 1. The maximum Gasteiger partial charge on any atom is 0.165 e. The first-order valence-corrected chi connectivity index (χ1v) is 5.72. The van der Waals surface area contributed by atoms with Crippen molar-refractivity contribution in [2.24, 2.45) is 12.8 Å². The van der Waals surface area contributed by atoms with Gasteiger partial charge in [0.2, 0.25) is 0 Å². The molecule has 0 fully saturated rings. The van der Waals surface area contributed by atoms with E-state index in [9.17, 15) is 0 Å². The van der Waals surface area contributed by atoms with Crippen LogP contribution < -0.4 is 10.5 Å². The SMILES string of the molecule is Cn1cc(Oc2cccc(Cl)c2CCN)cn1. The molecule has 0 radical (unpaired) electrons. The van der Waals surface area contributed by atoms with Gasteiger partial charge in [-0.2, -0.15) is 5.10 Å². The predicted molar refractivity (Wildman–Crippen MR) is 67.5 cm³/mol. The summed E-state index contributed by atoms with van der Waals surface area (Å²) >= 11 is 6.12. The van der Waals surface area contributed by atoms with Crippen molar-refractivity contribution < 1.29 is 4.74 Å². The van der Waals surface area contributed by atoms with Crippen LogP contribution in [0.3, 0.4) is 0 Å². The monoisotopic (exact) mass is 251 g/mol. The number of hydrogen-bond donors (Lipinski definition) is 1. The number of rotatable bonds is 4. The van der Waals surface area contributed by atoms with Crippen molar-refractivity contribution >= 4 is 11.6 Å². The third-order valence-electron chi connectivity index (χ3n) is 2.38. The van der Waals surface area contributed by atoms with E-state index in [0.717, 1.165) is 11.3 Å². The predicted octanol–water partition coefficient (Wildman–Crippen LogP) is 2.37. The molecular formula is C12H14ClN3O. The van der Waals surface area contributed by atoms with Crippen molar-refractivity contribution in [1.82, 2.24) is 9.78 Å². The summed E-state index contributed by atoms with van der Waals surface area (Å²) in [5, 5.41) is 4.72. The fourth-order valence-corrected chi connectivity index (χ4v) is 1.86. The first kappa shape index (κ1) is 12.0. The van der Waals surface area contributed by atoms with E-state index >= 15 is 0 Å². The fourth-order valence-electron chi connectivity index (χ4n) is 1.60. The van der Waals surface area contributed by atoms with E-state index in [-0.39, 0.29) is 0 Å². The highest BCUT2D eigenvalue weighted by Crippen LogP contribution is 2.30. The number of hydrogen-bond acceptors (Lipinski definition) is 3. The molecule has 5 heteroatoms. The second kappa shape index (κ2) is 5.21. The van der Waals surface area contributed by atoms with Gasteiger partial charge in [0.1, 0.15) is 5.75 Å². The van der Waals surface area contributed by atoms with Gasteiger partial charge < -0.3 is 10.5 Å². The first-order chi connectivity index (χ1) is 8.20. The summed E-state index contributed by atoms with van der Waals surface area (Å²) in [4.78, 5) is 0. The highest BCUT2D eigenvalue weighted by atomic mass is 35.5. The molecule has 0 saturated carbocycles. The normalized spacial score (nSPS) is 10.5. The second-order valence-electron chi connectivity index (χ2n) is 3.71. The molecule has 17 heavy (non-hydrogen) atoms. The van der Waals surface area contributed by atoms with Gasteiger partial charge in [0.25, 0.3) is 0 Å². The van der Waals surface area contributed by atoms with Gasteiger partial charge in [0.05, 0.1) is 12.4 Å². The summed E-state index contributed by atoms with van der Waals surface area (Å²) in [5.41, 5.74) is 6.50. The zero-order chi connectivity index (χ0) is 12.3. The Kier molecular flexibility index (Phi) is 3.66. The number of nitrogens with two attached hydrogens (primary N) is 1. The van der Waals surface area contributed by atoms with E-state index in [1.54, 1.807) is 17.1 Å². The highest BCUT2D eigenvalue weighted by Gasteiger charge is 2.09. The number of halogens is 1. The van der Waals surface area contributed by atoms with Gasteiger partial charge >= 0.3 is 0 Å². The number of aryl methyl sites for hydroxylation is 1. The van der Waals surface area contributed by atoms with Gasteiger partial charge in [0, 0.05) is 17.6 Å². The Labute approximate surface area is 105 Å². The minimum atomic E-state index is 0.535. The van der Waals surface area contributed by atoms with Crippen LogP contribution in [0.4, 0.5) is 0 Å². The topological polar surface area (TPSA) is 53.1 Å². The van der Waals surface area contributed by atoms with Gasteiger partial charge in [-0.05, 0) is 25.1 Å². The van der Waals surface area contributed by atoms with Gasteiger partial charge in [-0.1, -0.05) is 17.7 Å². The molecule has 1 heterocycles. The molecule has 1 aromatic carbocycles. The number of benzene rings is 1. The van der Waals surface area contributed by atoms with Crippen LogP contribution in [0.25, 0.3) is 0 Å². The average Bonchev–Trinajstić information content (AvgIpc) is 2.69. The second-order valence-corrected chi connectivity index (χ2v) is 4.11. The fraction of sp³-hybridized carbons (Fsp3) is 0.250. The Bertz CT molecular complexity index is 510. The molecule has 0 atom stereocenters. The zero-order valence-electron chi connectivity index (χ0n) is 9.56. The Morgan fingerprint density at radius 3 is 2.94 bits per heavy atom. The Morgan fingerprint density at radius 2 is 2.29 bits per heavy atom. The van der Waals surface area contributed by atoms with Gasteiger partial charge in [-0.3, -0.25) is 4.68 Å². The summed E-state index contributed by atoms with van der Waals surface area (Å²) in [7, 11) is 1.84. The lowest BCUT2D eigenvalue weighted by molar-refractivity contribution is 0.475. The zero-order valence-corrected chi connectivity index (χ0v) is 10.3. The molecule has 2 aromatic rings. The minimum absolute atomic E-state index is 0.535. The van der Waals surface area contributed by atoms with Crippen LogP contribution in [0.2, 0.25) is 5.02 Å². The molecule has 0 saturated heterocycles. The molecule has 0 aliphatic heterocycles. The maximum absolute atomic E-state index is 6.12. The summed E-state index contributed by atoms with van der Waals surface area (Å²) in [6, 6.07) is 5.57. The van der Waals surface area contributed by atoms with Crippen LogP contribution in [0.5, 0.6) is 11.5 Å². The maximum atomic E-state index is 6.12. The molecule has 90 valence electrons. The summed E-state index contributed by atoms with van der Waals surface area (Å²) in [6.45, 7) is 0.535. The number of aromatic nitrogens is 2. The van der Waals surface area contributed by atoms with E-state index < -0.39 is 0 Å². The van der Waals surface area contributed by atoms with E-state index in [1.165, 1.54) is 0 Å². The third kappa shape index (κ3) is 2.78. The summed E-state index contributed by atoms with van der Waals surface area (Å²) in [6.07, 6.45) is 4.15. The Balaban J connectivity index is 2.28. The lowest BCUT2D eigenvalue weighted by atomic mass is 10.1. The highest BCUT2D eigenvalue weighted by molar-refractivity contribution is 6.31. The minimum Gasteiger partial charge on any atom is -0.454 e. The largest absolute Gasteiger partial charge is 0.454 e. The van der Waals surface area contributed by atoms with Crippen LogP contribution in [0.1, 0.15) is 5.56 Å². The van der Waals surface area contributed by atoms with Gasteiger partial charge in [0.15, 0.2) is 5.75 Å². The molecule has 1 aromatic heterocycles. The van der Waals surface area contributed by atoms with Crippen molar-refractivity contribution in [2.45, 2.75) is 6.42 Å². The van der Waals surface area contributed by atoms with Crippen LogP contribution in [0, 0.1) is 0 Å². The molecule has 0 unspecified atom stereocenters. The lowest BCUT2D eigenvalue weighted by Crippen LogP contribution is -2.04. The molecule has 2 N–H and O–H groups in total. The quantitative estimate of drug-likeness (QED) is 0.908. The molecular weight excluding hydrogens is 238 g/mol. The van der Waals surface area contributed by atoms with Crippen molar-refractivity contribution in [1.29, 1.82) is 0 Å². The smallest absolute Gasteiger partial charge is 0.165 e. The Hall–Kier alpha value is -1.52. The van der Waals surface area contributed by atoms with Gasteiger partial charge in [-0.25, -0.2) is 0 Å². The summed E-state index contributed by atoms with van der Waals surface area (Å²) in [5.74, 6) is 1.42. The van der Waals surface area contributed by atoms with E-state index in [4.69, 9.17) is 22.1 Å². The van der Waals surface area contributed by atoms with Crippen LogP contribution >= 0.6 is 11.6 Å². The van der Waals surface area contributed by atoms with E-state index in [1.807, 2.05) is 25.2 Å². The average molecular weight is 252 g/mol. The molecule has 0 bridgehead atoms. The third-order valence-corrected chi connectivity index (χ3v) is 2.73. The van der Waals surface area contributed by atoms with Crippen molar-refractivity contribution in [2.75, 3.05) is 6.54 Å². The van der Waals surface area contributed by atoms with Crippen LogP contribution in [0.15, 0.2) is 30.6 Å². The molecule has 0 aliphatic rings. The van der Waals surface area contributed by atoms with Crippen molar-refractivity contribution in [3.8, 4) is 11.5 Å². The lowest BCUT2D eigenvalue weighted by Gasteiger charge is -2.10. The first-order valence-electron chi connectivity index (χ1n) is 5.34. The van der Waals surface area contributed by atoms with E-state index in [0.29, 0.717) is 23.7 Å². The van der Waals surface area contributed by atoms with Crippen molar-refractivity contribution in [3.05, 3.63) is 41.2 Å². The van der Waals surface area contributed by atoms with Crippen LogP contribution in [-0.4, -0.2) is 16.3 Å². The van der Waals surface area contributed by atoms with Crippen LogP contribution in [-0.2, 0) is 13.5 Å². The van der Waals surface area contributed by atoms with E-state index in [2.05, 4.69) is 5.10 Å². The Morgan fingerprint density at radius 1 is 1.47 bits per heavy atom. The molecule has 2 rings (SSSR count). The molecule has 0 aliphatic carbocycles. The summed E-state index contributed by atoms with van der Waals surface area (Å²) < 4.78 is 7.42. The van der Waals surface area contributed by atoms with Crippen molar-refractivity contribution in [3.63, 3.8) is 0 Å². The molecule has 4 nitrogen and oxygen atoms in total. The number of nitrogens with zero attached hydrogens (tertiary/aromatic N) is 2. The standard InChI is InChI=1S/C12H14ClN3O/c1-16-8-9(7-15-16)17-12-4-2-3-11(13)10(12)5-6-14/h2-4,7-8H,5-6,14H2,1H3. The van der Waals surface area contributed by atoms with Gasteiger partial charge in [-0.15, -0.1) is 0 Å². The molecule has 0 amide bonds.